The number of rotatable bonds is 5. The Kier molecular flexibility index (Phi) is 4.58. The fraction of sp³-hybridized carbons (Fsp3) is 0.500. The Morgan fingerprint density at radius 2 is 1.69 bits per heavy atom. The summed E-state index contributed by atoms with van der Waals surface area (Å²) in [5, 5.41) is 0. The summed E-state index contributed by atoms with van der Waals surface area (Å²) >= 11 is 0. The molecule has 0 saturated carbocycles. The molecule has 0 heterocycles. The number of nitrogens with two attached hydrogens (primary N) is 1. The SMILES string of the molecule is COCc1cc(OC)c(OC)cc1C(C)N. The first-order valence-electron chi connectivity index (χ1n) is 5.13. The zero-order chi connectivity index (χ0) is 12.1. The third kappa shape index (κ3) is 2.65. The van der Waals surface area contributed by atoms with Crippen LogP contribution in [0.3, 0.4) is 0 Å². The first-order chi connectivity index (χ1) is 7.63. The van der Waals surface area contributed by atoms with Crippen molar-refractivity contribution in [1.29, 1.82) is 0 Å². The number of ether oxygens (including phenoxy) is 3. The van der Waals surface area contributed by atoms with E-state index in [2.05, 4.69) is 0 Å². The number of methoxy groups -OCH3 is 3. The maximum absolute atomic E-state index is 5.91. The minimum absolute atomic E-state index is 0.0649. The van der Waals surface area contributed by atoms with Crippen molar-refractivity contribution in [2.24, 2.45) is 5.73 Å². The van der Waals surface area contributed by atoms with Crippen molar-refractivity contribution in [1.82, 2.24) is 0 Å². The van der Waals surface area contributed by atoms with E-state index in [9.17, 15) is 0 Å². The quantitative estimate of drug-likeness (QED) is 0.831. The largest absolute Gasteiger partial charge is 0.493 e. The summed E-state index contributed by atoms with van der Waals surface area (Å²) in [6.07, 6.45) is 0. The fourth-order valence-corrected chi connectivity index (χ4v) is 1.64. The third-order valence-corrected chi connectivity index (χ3v) is 2.44. The van der Waals surface area contributed by atoms with Crippen LogP contribution in [0.15, 0.2) is 12.1 Å². The zero-order valence-corrected chi connectivity index (χ0v) is 10.2. The molecule has 1 aromatic rings. The highest BCUT2D eigenvalue weighted by molar-refractivity contribution is 5.48. The van der Waals surface area contributed by atoms with Crippen LogP contribution < -0.4 is 15.2 Å². The maximum atomic E-state index is 5.91. The lowest BCUT2D eigenvalue weighted by molar-refractivity contribution is 0.183. The summed E-state index contributed by atoms with van der Waals surface area (Å²) in [6, 6.07) is 3.74. The second-order valence-corrected chi connectivity index (χ2v) is 3.63. The van der Waals surface area contributed by atoms with Gasteiger partial charge in [0, 0.05) is 13.2 Å². The molecular formula is C12H19NO3. The maximum Gasteiger partial charge on any atom is 0.161 e. The lowest BCUT2D eigenvalue weighted by Gasteiger charge is -2.16. The van der Waals surface area contributed by atoms with E-state index in [0.29, 0.717) is 18.1 Å². The highest BCUT2D eigenvalue weighted by atomic mass is 16.5. The van der Waals surface area contributed by atoms with Crippen molar-refractivity contribution in [3.05, 3.63) is 23.3 Å². The van der Waals surface area contributed by atoms with Crippen LogP contribution in [0.4, 0.5) is 0 Å². The Balaban J connectivity index is 3.23. The zero-order valence-electron chi connectivity index (χ0n) is 10.2. The van der Waals surface area contributed by atoms with Gasteiger partial charge in [-0.2, -0.15) is 0 Å². The van der Waals surface area contributed by atoms with E-state index < -0.39 is 0 Å². The van der Waals surface area contributed by atoms with Gasteiger partial charge in [0.2, 0.25) is 0 Å². The molecule has 0 aliphatic rings. The molecule has 1 unspecified atom stereocenters. The van der Waals surface area contributed by atoms with E-state index >= 15 is 0 Å². The van der Waals surface area contributed by atoms with Gasteiger partial charge in [-0.15, -0.1) is 0 Å². The van der Waals surface area contributed by atoms with E-state index in [1.807, 2.05) is 19.1 Å². The van der Waals surface area contributed by atoms with Gasteiger partial charge in [-0.1, -0.05) is 0 Å². The van der Waals surface area contributed by atoms with E-state index in [0.717, 1.165) is 11.1 Å². The Morgan fingerprint density at radius 3 is 2.12 bits per heavy atom. The molecule has 4 nitrogen and oxygen atoms in total. The van der Waals surface area contributed by atoms with Gasteiger partial charge in [-0.25, -0.2) is 0 Å². The predicted octanol–water partition coefficient (Wildman–Crippen LogP) is 1.87. The topological polar surface area (TPSA) is 53.7 Å². The average molecular weight is 225 g/mol. The molecule has 0 spiro atoms. The van der Waals surface area contributed by atoms with Crippen LogP contribution in [0.5, 0.6) is 11.5 Å². The fourth-order valence-electron chi connectivity index (χ4n) is 1.64. The lowest BCUT2D eigenvalue weighted by atomic mass is 10.0. The lowest BCUT2D eigenvalue weighted by Crippen LogP contribution is -2.10. The van der Waals surface area contributed by atoms with Crippen LogP contribution >= 0.6 is 0 Å². The summed E-state index contributed by atoms with van der Waals surface area (Å²) in [6.45, 7) is 2.44. The number of hydrogen-bond donors (Lipinski definition) is 1. The van der Waals surface area contributed by atoms with Crippen LogP contribution in [-0.2, 0) is 11.3 Å². The van der Waals surface area contributed by atoms with Crippen molar-refractivity contribution >= 4 is 0 Å². The van der Waals surface area contributed by atoms with Gasteiger partial charge in [0.15, 0.2) is 11.5 Å². The summed E-state index contributed by atoms with van der Waals surface area (Å²) in [5.74, 6) is 1.38. The highest BCUT2D eigenvalue weighted by Crippen LogP contribution is 2.32. The molecule has 0 radical (unpaired) electrons. The van der Waals surface area contributed by atoms with Crippen LogP contribution in [0.25, 0.3) is 0 Å². The molecule has 4 heteroatoms. The molecule has 0 saturated heterocycles. The van der Waals surface area contributed by atoms with Crippen molar-refractivity contribution in [3.8, 4) is 11.5 Å². The predicted molar refractivity (Wildman–Crippen MR) is 62.9 cm³/mol. The molecule has 2 N–H and O–H groups in total. The van der Waals surface area contributed by atoms with E-state index in [1.165, 1.54) is 0 Å². The molecule has 16 heavy (non-hydrogen) atoms. The van der Waals surface area contributed by atoms with E-state index in [1.54, 1.807) is 21.3 Å². The minimum atomic E-state index is -0.0649. The molecule has 0 bridgehead atoms. The van der Waals surface area contributed by atoms with Crippen LogP contribution in [0.1, 0.15) is 24.1 Å². The monoisotopic (exact) mass is 225 g/mol. The molecule has 0 fully saturated rings. The van der Waals surface area contributed by atoms with Crippen LogP contribution in [-0.4, -0.2) is 21.3 Å². The number of hydrogen-bond acceptors (Lipinski definition) is 4. The summed E-state index contributed by atoms with van der Waals surface area (Å²) < 4.78 is 15.6. The van der Waals surface area contributed by atoms with Gasteiger partial charge in [0.25, 0.3) is 0 Å². The van der Waals surface area contributed by atoms with Crippen molar-refractivity contribution in [3.63, 3.8) is 0 Å². The molecule has 1 aromatic carbocycles. The average Bonchev–Trinajstić information content (AvgIpc) is 2.28. The molecule has 0 aliphatic carbocycles. The molecule has 0 aromatic heterocycles. The van der Waals surface area contributed by atoms with E-state index in [-0.39, 0.29) is 6.04 Å². The van der Waals surface area contributed by atoms with Gasteiger partial charge >= 0.3 is 0 Å². The van der Waals surface area contributed by atoms with Crippen molar-refractivity contribution < 1.29 is 14.2 Å². The molecule has 0 aliphatic heterocycles. The summed E-state index contributed by atoms with van der Waals surface area (Å²) in [4.78, 5) is 0. The highest BCUT2D eigenvalue weighted by Gasteiger charge is 2.13. The first-order valence-corrected chi connectivity index (χ1v) is 5.13. The molecular weight excluding hydrogens is 206 g/mol. The van der Waals surface area contributed by atoms with Crippen molar-refractivity contribution in [2.75, 3.05) is 21.3 Å². The Morgan fingerprint density at radius 1 is 1.12 bits per heavy atom. The van der Waals surface area contributed by atoms with Crippen LogP contribution in [0.2, 0.25) is 0 Å². The van der Waals surface area contributed by atoms with Gasteiger partial charge < -0.3 is 19.9 Å². The Hall–Kier alpha value is -1.26. The molecule has 1 atom stereocenters. The summed E-state index contributed by atoms with van der Waals surface area (Å²) in [7, 11) is 4.88. The second kappa shape index (κ2) is 5.72. The molecule has 1 rings (SSSR count). The van der Waals surface area contributed by atoms with Gasteiger partial charge in [-0.05, 0) is 30.2 Å². The molecule has 0 amide bonds. The van der Waals surface area contributed by atoms with Crippen LogP contribution in [0, 0.1) is 0 Å². The minimum Gasteiger partial charge on any atom is -0.493 e. The second-order valence-electron chi connectivity index (χ2n) is 3.63. The van der Waals surface area contributed by atoms with Gasteiger partial charge in [0.05, 0.1) is 20.8 Å². The van der Waals surface area contributed by atoms with Gasteiger partial charge in [0.1, 0.15) is 0 Å². The molecule has 90 valence electrons. The Bertz CT molecular complexity index is 350. The first kappa shape index (κ1) is 12.8. The summed E-state index contributed by atoms with van der Waals surface area (Å²) in [5.41, 5.74) is 7.94. The van der Waals surface area contributed by atoms with E-state index in [4.69, 9.17) is 19.9 Å². The van der Waals surface area contributed by atoms with Gasteiger partial charge in [-0.3, -0.25) is 0 Å². The Labute approximate surface area is 96.3 Å². The third-order valence-electron chi connectivity index (χ3n) is 2.44. The normalized spacial score (nSPS) is 12.3. The standard InChI is InChI=1S/C12H19NO3/c1-8(13)10-6-12(16-4)11(15-3)5-9(10)7-14-2/h5-6,8H,7,13H2,1-4H3. The number of benzene rings is 1. The van der Waals surface area contributed by atoms with Crippen molar-refractivity contribution in [2.45, 2.75) is 19.6 Å². The smallest absolute Gasteiger partial charge is 0.161 e.